The van der Waals surface area contributed by atoms with Gasteiger partial charge in [0.25, 0.3) is 0 Å². The molecular weight excluding hydrogens is 240 g/mol. The van der Waals surface area contributed by atoms with Gasteiger partial charge in [0.2, 0.25) is 0 Å². The molecule has 2 atom stereocenters. The van der Waals surface area contributed by atoms with Crippen molar-refractivity contribution in [3.8, 4) is 0 Å². The minimum Gasteiger partial charge on any atom is -0.459 e. The summed E-state index contributed by atoms with van der Waals surface area (Å²) < 4.78 is 5.55. The second-order valence-electron chi connectivity index (χ2n) is 5.66. The van der Waals surface area contributed by atoms with Crippen molar-refractivity contribution in [1.29, 1.82) is 0 Å². The quantitative estimate of drug-likeness (QED) is 0.742. The molecule has 0 aliphatic carbocycles. The van der Waals surface area contributed by atoms with Crippen LogP contribution in [0.25, 0.3) is 0 Å². The number of rotatable bonds is 2. The van der Waals surface area contributed by atoms with E-state index in [4.69, 9.17) is 4.74 Å². The number of ether oxygens (including phenoxy) is 1. The molecule has 2 bridgehead atoms. The molecule has 0 spiro atoms. The van der Waals surface area contributed by atoms with E-state index in [0.717, 1.165) is 32.7 Å². The maximum absolute atomic E-state index is 12.0. The maximum Gasteiger partial charge on any atom is 0.311 e. The second kappa shape index (κ2) is 5.31. The minimum atomic E-state index is -0.0232. The molecule has 19 heavy (non-hydrogen) atoms. The number of hydrogen-bond acceptors (Lipinski definition) is 4. The SMILES string of the molecule is CN1C[C@H]2CN(Cc3ccccc3)C[C@@H](C1)C(=O)O2. The number of benzene rings is 1. The molecule has 2 fully saturated rings. The summed E-state index contributed by atoms with van der Waals surface area (Å²) in [5, 5.41) is 0. The van der Waals surface area contributed by atoms with Gasteiger partial charge in [0.15, 0.2) is 0 Å². The summed E-state index contributed by atoms with van der Waals surface area (Å²) in [5.41, 5.74) is 1.29. The number of likely N-dealkylation sites (N-methyl/N-ethyl adjacent to an activating group) is 1. The van der Waals surface area contributed by atoms with Crippen LogP contribution < -0.4 is 0 Å². The Kier molecular flexibility index (Phi) is 3.53. The molecule has 4 heteroatoms. The van der Waals surface area contributed by atoms with Crippen LogP contribution in [0.4, 0.5) is 0 Å². The fraction of sp³-hybridized carbons (Fsp3) is 0.533. The number of carbonyl (C=O) groups excluding carboxylic acids is 1. The van der Waals surface area contributed by atoms with Crippen LogP contribution in [0.5, 0.6) is 0 Å². The average Bonchev–Trinajstić information content (AvgIpc) is 2.57. The third-order valence-corrected chi connectivity index (χ3v) is 3.85. The van der Waals surface area contributed by atoms with Gasteiger partial charge >= 0.3 is 5.97 Å². The molecule has 3 rings (SSSR count). The number of esters is 1. The molecule has 4 nitrogen and oxygen atoms in total. The summed E-state index contributed by atoms with van der Waals surface area (Å²) in [7, 11) is 2.06. The largest absolute Gasteiger partial charge is 0.459 e. The van der Waals surface area contributed by atoms with Gasteiger partial charge in [0, 0.05) is 32.7 Å². The molecule has 0 amide bonds. The van der Waals surface area contributed by atoms with Gasteiger partial charge in [-0.3, -0.25) is 9.69 Å². The minimum absolute atomic E-state index is 0.00807. The zero-order valence-electron chi connectivity index (χ0n) is 11.3. The van der Waals surface area contributed by atoms with Gasteiger partial charge < -0.3 is 9.64 Å². The van der Waals surface area contributed by atoms with Crippen LogP contribution in [0.3, 0.4) is 0 Å². The van der Waals surface area contributed by atoms with E-state index in [0.29, 0.717) is 0 Å². The normalized spacial score (nSPS) is 28.8. The highest BCUT2D eigenvalue weighted by molar-refractivity contribution is 5.73. The molecule has 0 N–H and O–H groups in total. The summed E-state index contributed by atoms with van der Waals surface area (Å²) in [5.74, 6) is -0.0360. The van der Waals surface area contributed by atoms with Crippen LogP contribution in [-0.2, 0) is 16.1 Å². The molecule has 2 aliphatic heterocycles. The van der Waals surface area contributed by atoms with Crippen molar-refractivity contribution in [2.24, 2.45) is 5.92 Å². The molecule has 2 heterocycles. The first-order chi connectivity index (χ1) is 9.20. The lowest BCUT2D eigenvalue weighted by atomic mass is 10.1. The predicted octanol–water partition coefficient (Wildman–Crippen LogP) is 0.976. The summed E-state index contributed by atoms with van der Waals surface area (Å²) >= 11 is 0. The Hall–Kier alpha value is -1.39. The molecule has 1 aromatic rings. The van der Waals surface area contributed by atoms with Crippen LogP contribution in [0.2, 0.25) is 0 Å². The Labute approximate surface area is 113 Å². The van der Waals surface area contributed by atoms with Crippen molar-refractivity contribution in [1.82, 2.24) is 9.80 Å². The highest BCUT2D eigenvalue weighted by Crippen LogP contribution is 2.20. The molecule has 2 saturated heterocycles. The molecule has 0 saturated carbocycles. The van der Waals surface area contributed by atoms with Crippen molar-refractivity contribution in [2.75, 3.05) is 33.2 Å². The van der Waals surface area contributed by atoms with E-state index < -0.39 is 0 Å². The third kappa shape index (κ3) is 2.96. The molecule has 0 radical (unpaired) electrons. The fourth-order valence-corrected chi connectivity index (χ4v) is 3.04. The Morgan fingerprint density at radius 2 is 1.95 bits per heavy atom. The first-order valence-electron chi connectivity index (χ1n) is 6.86. The van der Waals surface area contributed by atoms with Gasteiger partial charge in [-0.25, -0.2) is 0 Å². The van der Waals surface area contributed by atoms with E-state index in [1.54, 1.807) is 0 Å². The van der Waals surface area contributed by atoms with Crippen molar-refractivity contribution >= 4 is 5.97 Å². The van der Waals surface area contributed by atoms with Gasteiger partial charge in [-0.2, -0.15) is 0 Å². The summed E-state index contributed by atoms with van der Waals surface area (Å²) in [6.45, 7) is 4.18. The average molecular weight is 260 g/mol. The molecular formula is C15H20N2O2. The highest BCUT2D eigenvalue weighted by atomic mass is 16.5. The summed E-state index contributed by atoms with van der Waals surface area (Å²) in [6.07, 6.45) is 0.00807. The van der Waals surface area contributed by atoms with Gasteiger partial charge in [0.1, 0.15) is 6.10 Å². The molecule has 2 aliphatic rings. The van der Waals surface area contributed by atoms with Gasteiger partial charge in [-0.1, -0.05) is 30.3 Å². The third-order valence-electron chi connectivity index (χ3n) is 3.85. The van der Waals surface area contributed by atoms with Crippen molar-refractivity contribution in [3.05, 3.63) is 35.9 Å². The Morgan fingerprint density at radius 3 is 2.74 bits per heavy atom. The Balaban J connectivity index is 1.73. The number of nitrogens with zero attached hydrogens (tertiary/aromatic N) is 2. The molecule has 1 aromatic carbocycles. The van der Waals surface area contributed by atoms with E-state index in [1.807, 2.05) is 6.07 Å². The predicted molar refractivity (Wildman–Crippen MR) is 72.6 cm³/mol. The van der Waals surface area contributed by atoms with E-state index in [-0.39, 0.29) is 18.0 Å². The number of hydrogen-bond donors (Lipinski definition) is 0. The summed E-state index contributed by atoms with van der Waals surface area (Å²) in [6, 6.07) is 10.4. The van der Waals surface area contributed by atoms with Gasteiger partial charge in [0.05, 0.1) is 5.92 Å². The van der Waals surface area contributed by atoms with Crippen LogP contribution in [0.15, 0.2) is 30.3 Å². The van der Waals surface area contributed by atoms with Crippen molar-refractivity contribution in [2.45, 2.75) is 12.6 Å². The standard InChI is InChI=1S/C15H20N2O2/c1-16-8-13-9-17(7-12-5-3-2-4-6-12)11-14(10-16)19-15(13)18/h2-6,13-14H,7-11H2,1H3/t13-,14+/m1/s1. The summed E-state index contributed by atoms with van der Waals surface area (Å²) in [4.78, 5) is 16.5. The van der Waals surface area contributed by atoms with Crippen LogP contribution in [-0.4, -0.2) is 55.1 Å². The van der Waals surface area contributed by atoms with Crippen molar-refractivity contribution in [3.63, 3.8) is 0 Å². The van der Waals surface area contributed by atoms with E-state index in [1.165, 1.54) is 5.56 Å². The maximum atomic E-state index is 12.0. The zero-order valence-corrected chi connectivity index (χ0v) is 11.3. The smallest absolute Gasteiger partial charge is 0.311 e. The Morgan fingerprint density at radius 1 is 1.16 bits per heavy atom. The van der Waals surface area contributed by atoms with Crippen molar-refractivity contribution < 1.29 is 9.53 Å². The van der Waals surface area contributed by atoms with Gasteiger partial charge in [-0.05, 0) is 12.6 Å². The van der Waals surface area contributed by atoms with Crippen LogP contribution in [0.1, 0.15) is 5.56 Å². The lowest BCUT2D eigenvalue weighted by molar-refractivity contribution is -0.149. The monoisotopic (exact) mass is 260 g/mol. The second-order valence-corrected chi connectivity index (χ2v) is 5.66. The molecule has 102 valence electrons. The van der Waals surface area contributed by atoms with Crippen LogP contribution >= 0.6 is 0 Å². The molecule has 0 aromatic heterocycles. The Bertz CT molecular complexity index is 449. The number of carbonyl (C=O) groups is 1. The lowest BCUT2D eigenvalue weighted by Crippen LogP contribution is -2.43. The van der Waals surface area contributed by atoms with E-state index in [9.17, 15) is 4.79 Å². The number of fused-ring (bicyclic) bond motifs is 3. The fourth-order valence-electron chi connectivity index (χ4n) is 3.04. The topological polar surface area (TPSA) is 32.8 Å². The molecule has 0 unspecified atom stereocenters. The first kappa shape index (κ1) is 12.6. The zero-order chi connectivity index (χ0) is 13.2. The van der Waals surface area contributed by atoms with E-state index in [2.05, 4.69) is 41.1 Å². The highest BCUT2D eigenvalue weighted by Gasteiger charge is 2.36. The van der Waals surface area contributed by atoms with Gasteiger partial charge in [-0.15, -0.1) is 0 Å². The van der Waals surface area contributed by atoms with E-state index >= 15 is 0 Å². The lowest BCUT2D eigenvalue weighted by Gasteiger charge is -2.30. The van der Waals surface area contributed by atoms with Crippen LogP contribution in [0, 0.1) is 5.92 Å². The first-order valence-corrected chi connectivity index (χ1v) is 6.86.